The predicted octanol–water partition coefficient (Wildman–Crippen LogP) is 19.6. The molecule has 0 aliphatic rings. The number of hydrogen-bond donors (Lipinski definition) is 0. The van der Waals surface area contributed by atoms with E-state index in [0.717, 1.165) is 109 Å². The molecule has 0 saturated carbocycles. The number of ether oxygens (including phenoxy) is 3. The molecule has 71 heavy (non-hydrogen) atoms. The number of carbonyl (C=O) groups excluding carboxylic acids is 3. The van der Waals surface area contributed by atoms with E-state index in [4.69, 9.17) is 14.2 Å². The van der Waals surface area contributed by atoms with Gasteiger partial charge in [0.25, 0.3) is 0 Å². The Hall–Kier alpha value is -4.19. The summed E-state index contributed by atoms with van der Waals surface area (Å²) in [5.74, 6) is -0.955. The Morgan fingerprint density at radius 1 is 0.282 bits per heavy atom. The molecule has 402 valence electrons. The van der Waals surface area contributed by atoms with E-state index in [-0.39, 0.29) is 31.1 Å². The minimum atomic E-state index is -0.808. The quantitative estimate of drug-likeness (QED) is 0.0199. The normalized spacial score (nSPS) is 13.0. The van der Waals surface area contributed by atoms with E-state index in [2.05, 4.69) is 118 Å². The zero-order valence-corrected chi connectivity index (χ0v) is 45.9. The molecule has 0 fully saturated rings. The van der Waals surface area contributed by atoms with Crippen molar-refractivity contribution in [3.8, 4) is 0 Å². The van der Waals surface area contributed by atoms with E-state index < -0.39 is 6.10 Å². The van der Waals surface area contributed by atoms with Crippen LogP contribution >= 0.6 is 0 Å². The Morgan fingerprint density at radius 2 is 0.549 bits per heavy atom. The molecule has 0 spiro atoms. The third-order valence-corrected chi connectivity index (χ3v) is 12.1. The average molecular weight is 984 g/mol. The molecule has 0 N–H and O–H groups in total. The van der Waals surface area contributed by atoms with E-state index in [1.807, 2.05) is 24.3 Å². The molecule has 6 heteroatoms. The number of rotatable bonds is 51. The van der Waals surface area contributed by atoms with Crippen LogP contribution in [0, 0.1) is 0 Å². The van der Waals surface area contributed by atoms with Gasteiger partial charge in [0.2, 0.25) is 0 Å². The van der Waals surface area contributed by atoms with Crippen molar-refractivity contribution < 1.29 is 28.6 Å². The van der Waals surface area contributed by atoms with Crippen LogP contribution < -0.4 is 0 Å². The summed E-state index contributed by atoms with van der Waals surface area (Å²) in [6.07, 6.45) is 80.3. The lowest BCUT2D eigenvalue weighted by Crippen LogP contribution is -2.30. The van der Waals surface area contributed by atoms with Gasteiger partial charge in [0.1, 0.15) is 13.2 Å². The second-order valence-electron chi connectivity index (χ2n) is 19.1. The van der Waals surface area contributed by atoms with Crippen LogP contribution in [0.2, 0.25) is 0 Å². The smallest absolute Gasteiger partial charge is 0.306 e. The van der Waals surface area contributed by atoms with Crippen LogP contribution in [-0.2, 0) is 28.6 Å². The summed E-state index contributed by atoms with van der Waals surface area (Å²) >= 11 is 0. The highest BCUT2D eigenvalue weighted by atomic mass is 16.6. The molecule has 1 atom stereocenters. The number of carbonyl (C=O) groups is 3. The van der Waals surface area contributed by atoms with Gasteiger partial charge in [0, 0.05) is 19.3 Å². The number of unbranched alkanes of at least 4 members (excludes halogenated alkanes) is 27. The van der Waals surface area contributed by atoms with Crippen molar-refractivity contribution in [2.24, 2.45) is 0 Å². The number of allylic oxidation sites excluding steroid dienone is 20. The van der Waals surface area contributed by atoms with Gasteiger partial charge in [-0.1, -0.05) is 264 Å². The maximum Gasteiger partial charge on any atom is 0.306 e. The van der Waals surface area contributed by atoms with Crippen LogP contribution in [0.1, 0.15) is 252 Å². The fourth-order valence-electron chi connectivity index (χ4n) is 7.71. The maximum atomic E-state index is 12.9. The van der Waals surface area contributed by atoms with Crippen molar-refractivity contribution in [2.45, 2.75) is 258 Å². The highest BCUT2D eigenvalue weighted by Crippen LogP contribution is 2.14. The van der Waals surface area contributed by atoms with Gasteiger partial charge in [0.15, 0.2) is 6.10 Å². The van der Waals surface area contributed by atoms with Crippen LogP contribution in [0.3, 0.4) is 0 Å². The monoisotopic (exact) mass is 983 g/mol. The van der Waals surface area contributed by atoms with Gasteiger partial charge in [-0.25, -0.2) is 0 Å². The van der Waals surface area contributed by atoms with Crippen LogP contribution in [0.4, 0.5) is 0 Å². The zero-order chi connectivity index (χ0) is 51.4. The average Bonchev–Trinajstić information content (AvgIpc) is 3.37. The molecule has 0 heterocycles. The van der Waals surface area contributed by atoms with E-state index in [1.54, 1.807) is 0 Å². The lowest BCUT2D eigenvalue weighted by molar-refractivity contribution is -0.167. The first kappa shape index (κ1) is 66.8. The predicted molar refractivity (Wildman–Crippen MR) is 306 cm³/mol. The molecular formula is C65H106O6. The molecule has 0 radical (unpaired) electrons. The van der Waals surface area contributed by atoms with Crippen LogP contribution in [0.15, 0.2) is 122 Å². The standard InChI is InChI=1S/C65H106O6/c1-4-7-10-13-16-19-22-25-28-31-34-37-40-43-46-49-52-55-58-64(67)70-61-62(60-69-63(66)57-54-51-48-45-42-39-36-33-30-27-24-21-18-15-12-9-6-3)71-65(68)59-56-53-50-47-44-41-38-35-32-29-26-23-20-17-14-11-8-5-2/h10,13,16-17,19-20,22-23,25-32,34-35,37-38,62H,4-9,11-12,14-15,18,21,24,33,36,39-61H2,1-3H3/b13-10-,19-16-,20-17-,25-22-,26-23-,30-27-,31-28-,32-29-,37-34-,38-35-. The summed E-state index contributed by atoms with van der Waals surface area (Å²) in [4.78, 5) is 38.2. The maximum absolute atomic E-state index is 12.9. The van der Waals surface area contributed by atoms with Crippen molar-refractivity contribution in [3.63, 3.8) is 0 Å². The first-order valence-electron chi connectivity index (χ1n) is 29.2. The molecule has 0 aromatic carbocycles. The lowest BCUT2D eigenvalue weighted by Gasteiger charge is -2.18. The van der Waals surface area contributed by atoms with Gasteiger partial charge in [-0.2, -0.15) is 0 Å². The third-order valence-electron chi connectivity index (χ3n) is 12.1. The second-order valence-corrected chi connectivity index (χ2v) is 19.1. The molecule has 0 rings (SSSR count). The topological polar surface area (TPSA) is 78.9 Å². The fourth-order valence-corrected chi connectivity index (χ4v) is 7.71. The van der Waals surface area contributed by atoms with Crippen molar-refractivity contribution in [1.82, 2.24) is 0 Å². The molecule has 0 aromatic rings. The highest BCUT2D eigenvalue weighted by Gasteiger charge is 2.19. The molecule has 0 aliphatic heterocycles. The fraction of sp³-hybridized carbons (Fsp3) is 0.646. The lowest BCUT2D eigenvalue weighted by atomic mass is 10.1. The number of hydrogen-bond acceptors (Lipinski definition) is 6. The Balaban J connectivity index is 4.52. The number of esters is 3. The summed E-state index contributed by atoms with van der Waals surface area (Å²) in [7, 11) is 0. The Morgan fingerprint density at radius 3 is 0.915 bits per heavy atom. The van der Waals surface area contributed by atoms with Crippen molar-refractivity contribution in [1.29, 1.82) is 0 Å². The first-order chi connectivity index (χ1) is 35.0. The van der Waals surface area contributed by atoms with E-state index in [0.29, 0.717) is 19.3 Å². The van der Waals surface area contributed by atoms with E-state index in [9.17, 15) is 14.4 Å². The van der Waals surface area contributed by atoms with Gasteiger partial charge < -0.3 is 14.2 Å². The molecule has 0 saturated heterocycles. The van der Waals surface area contributed by atoms with Gasteiger partial charge in [-0.3, -0.25) is 14.4 Å². The summed E-state index contributed by atoms with van der Waals surface area (Å²) in [5, 5.41) is 0. The van der Waals surface area contributed by atoms with Crippen LogP contribution in [0.25, 0.3) is 0 Å². The molecule has 0 aliphatic carbocycles. The Bertz CT molecular complexity index is 1500. The van der Waals surface area contributed by atoms with Crippen molar-refractivity contribution in [2.75, 3.05) is 13.2 Å². The van der Waals surface area contributed by atoms with Crippen LogP contribution in [-0.4, -0.2) is 37.2 Å². The van der Waals surface area contributed by atoms with Crippen molar-refractivity contribution in [3.05, 3.63) is 122 Å². The SMILES string of the molecule is CCC\C=C/C=C\C=C/C=C\C=C/CCCCCCCC(=O)OCC(COC(=O)CCCCCCCCC/C=C\CCCCCCCC)OC(=O)CCCCCCC\C=C/C=C\C=C/C=C\CCCCC. The molecule has 0 bridgehead atoms. The zero-order valence-electron chi connectivity index (χ0n) is 45.9. The summed E-state index contributed by atoms with van der Waals surface area (Å²) in [6, 6.07) is 0. The summed E-state index contributed by atoms with van der Waals surface area (Å²) in [5.41, 5.74) is 0. The van der Waals surface area contributed by atoms with Gasteiger partial charge in [-0.15, -0.1) is 0 Å². The Labute approximate surface area is 437 Å². The molecule has 0 aromatic heterocycles. The van der Waals surface area contributed by atoms with Gasteiger partial charge in [0.05, 0.1) is 0 Å². The minimum Gasteiger partial charge on any atom is -0.462 e. The van der Waals surface area contributed by atoms with E-state index >= 15 is 0 Å². The molecule has 1 unspecified atom stereocenters. The third kappa shape index (κ3) is 56.6. The first-order valence-corrected chi connectivity index (χ1v) is 29.2. The van der Waals surface area contributed by atoms with Gasteiger partial charge in [-0.05, 0) is 89.9 Å². The van der Waals surface area contributed by atoms with Crippen LogP contribution in [0.5, 0.6) is 0 Å². The summed E-state index contributed by atoms with van der Waals surface area (Å²) in [6.45, 7) is 6.47. The second kappa shape index (κ2) is 58.4. The highest BCUT2D eigenvalue weighted by molar-refractivity contribution is 5.71. The molecular weight excluding hydrogens is 877 g/mol. The minimum absolute atomic E-state index is 0.101. The molecule has 0 amide bonds. The Kier molecular flexibility index (Phi) is 54.9. The van der Waals surface area contributed by atoms with Crippen molar-refractivity contribution >= 4 is 17.9 Å². The summed E-state index contributed by atoms with van der Waals surface area (Å²) < 4.78 is 16.8. The van der Waals surface area contributed by atoms with E-state index in [1.165, 1.54) is 103 Å². The largest absolute Gasteiger partial charge is 0.462 e. The van der Waals surface area contributed by atoms with Gasteiger partial charge >= 0.3 is 17.9 Å². The molecule has 6 nitrogen and oxygen atoms in total.